The third-order valence-corrected chi connectivity index (χ3v) is 1.94. The van der Waals surface area contributed by atoms with Crippen LogP contribution in [0.2, 0.25) is 0 Å². The first-order chi connectivity index (χ1) is 6.81. The molecule has 0 spiro atoms. The molecule has 1 aromatic heterocycles. The van der Waals surface area contributed by atoms with Gasteiger partial charge in [0.05, 0.1) is 12.1 Å². The number of H-pyrrole nitrogens is 1. The van der Waals surface area contributed by atoms with Gasteiger partial charge in [0.15, 0.2) is 5.75 Å². The van der Waals surface area contributed by atoms with Crippen LogP contribution < -0.4 is 10.3 Å². The van der Waals surface area contributed by atoms with Crippen LogP contribution in [0.5, 0.6) is 5.75 Å². The first kappa shape index (κ1) is 8.81. The zero-order valence-corrected chi connectivity index (χ0v) is 7.83. The maximum atomic E-state index is 11.1. The van der Waals surface area contributed by atoms with E-state index in [-0.39, 0.29) is 5.56 Å². The molecule has 14 heavy (non-hydrogen) atoms. The second kappa shape index (κ2) is 3.54. The number of hydrogen-bond donors (Lipinski definition) is 1. The second-order valence-electron chi connectivity index (χ2n) is 2.89. The molecule has 3 nitrogen and oxygen atoms in total. The Bertz CT molecular complexity index is 502. The zero-order chi connectivity index (χ0) is 9.97. The number of pyridine rings is 1. The predicted molar refractivity (Wildman–Crippen MR) is 54.6 cm³/mol. The number of aromatic nitrogens is 1. The molecule has 1 aromatic carbocycles. The third kappa shape index (κ3) is 1.48. The fourth-order valence-corrected chi connectivity index (χ4v) is 1.35. The van der Waals surface area contributed by atoms with Crippen molar-refractivity contribution in [1.29, 1.82) is 0 Å². The summed E-state index contributed by atoms with van der Waals surface area (Å²) in [6.45, 7) is 2.46. The number of hydrogen-bond acceptors (Lipinski definition) is 2. The Kier molecular flexibility index (Phi) is 2.23. The second-order valence-corrected chi connectivity index (χ2v) is 2.89. The van der Waals surface area contributed by atoms with E-state index in [1.807, 2.05) is 13.0 Å². The van der Waals surface area contributed by atoms with Gasteiger partial charge in [-0.15, -0.1) is 0 Å². The Morgan fingerprint density at radius 2 is 2.29 bits per heavy atom. The van der Waals surface area contributed by atoms with Gasteiger partial charge in [-0.2, -0.15) is 0 Å². The lowest BCUT2D eigenvalue weighted by atomic mass is 10.2. The standard InChI is InChI=1S/C11H10NO2/c1-2-14-9-5-3-4-8-6-7-10(13)12-11(8)9/h3-4,6-7H,2H2,1H3,(H,12,13). The van der Waals surface area contributed by atoms with Crippen molar-refractivity contribution in [3.8, 4) is 5.75 Å². The van der Waals surface area contributed by atoms with Crippen LogP contribution in [0.1, 0.15) is 6.92 Å². The van der Waals surface area contributed by atoms with E-state index in [9.17, 15) is 4.79 Å². The Morgan fingerprint density at radius 1 is 1.43 bits per heavy atom. The van der Waals surface area contributed by atoms with Crippen molar-refractivity contribution < 1.29 is 4.74 Å². The van der Waals surface area contributed by atoms with E-state index in [0.29, 0.717) is 17.9 Å². The molecule has 1 heterocycles. The summed E-state index contributed by atoms with van der Waals surface area (Å²) in [5.41, 5.74) is 0.583. The van der Waals surface area contributed by atoms with Crippen LogP contribution in [0.25, 0.3) is 10.9 Å². The molecule has 0 saturated carbocycles. The zero-order valence-electron chi connectivity index (χ0n) is 7.83. The fourth-order valence-electron chi connectivity index (χ4n) is 1.35. The number of fused-ring (bicyclic) bond motifs is 1. The third-order valence-electron chi connectivity index (χ3n) is 1.94. The van der Waals surface area contributed by atoms with Crippen LogP contribution in [0.4, 0.5) is 0 Å². The maximum Gasteiger partial charge on any atom is 0.248 e. The van der Waals surface area contributed by atoms with Gasteiger partial charge < -0.3 is 9.72 Å². The van der Waals surface area contributed by atoms with Gasteiger partial charge in [0.2, 0.25) is 5.56 Å². The Hall–Kier alpha value is -1.77. The number of rotatable bonds is 2. The summed E-state index contributed by atoms with van der Waals surface area (Å²) in [7, 11) is 0. The van der Waals surface area contributed by atoms with Crippen molar-refractivity contribution in [2.75, 3.05) is 6.61 Å². The number of ether oxygens (including phenoxy) is 1. The first-order valence-electron chi connectivity index (χ1n) is 4.48. The largest absolute Gasteiger partial charge is 0.491 e. The molecule has 0 fully saturated rings. The number of benzene rings is 1. The molecule has 1 radical (unpaired) electrons. The van der Waals surface area contributed by atoms with Gasteiger partial charge >= 0.3 is 0 Å². The summed E-state index contributed by atoms with van der Waals surface area (Å²) in [4.78, 5) is 13.8. The molecule has 0 atom stereocenters. The number of aromatic amines is 1. The molecule has 0 unspecified atom stereocenters. The Labute approximate surface area is 81.3 Å². The smallest absolute Gasteiger partial charge is 0.248 e. The summed E-state index contributed by atoms with van der Waals surface area (Å²) in [5, 5.41) is 0.951. The van der Waals surface area contributed by atoms with E-state index >= 15 is 0 Å². The molecule has 0 aliphatic carbocycles. The molecule has 3 heteroatoms. The highest BCUT2D eigenvalue weighted by Crippen LogP contribution is 2.20. The van der Waals surface area contributed by atoms with Crippen LogP contribution >= 0.6 is 0 Å². The topological polar surface area (TPSA) is 42.1 Å². The Balaban J connectivity index is 2.71. The SMILES string of the molecule is CCOc1[c]ccc2ccc(=O)[nH]c12. The lowest BCUT2D eigenvalue weighted by Crippen LogP contribution is -2.04. The molecule has 0 amide bonds. The minimum atomic E-state index is -0.127. The van der Waals surface area contributed by atoms with Crippen molar-refractivity contribution in [3.63, 3.8) is 0 Å². The molecule has 1 N–H and O–H groups in total. The van der Waals surface area contributed by atoms with Crippen molar-refractivity contribution in [1.82, 2.24) is 4.98 Å². The average molecular weight is 188 g/mol. The van der Waals surface area contributed by atoms with Crippen LogP contribution in [0, 0.1) is 6.07 Å². The lowest BCUT2D eigenvalue weighted by molar-refractivity contribution is 0.343. The van der Waals surface area contributed by atoms with Crippen LogP contribution in [-0.2, 0) is 0 Å². The predicted octanol–water partition coefficient (Wildman–Crippen LogP) is 1.73. The van der Waals surface area contributed by atoms with Crippen molar-refractivity contribution in [3.05, 3.63) is 40.7 Å². The van der Waals surface area contributed by atoms with Crippen molar-refractivity contribution >= 4 is 10.9 Å². The van der Waals surface area contributed by atoms with Gasteiger partial charge in [-0.1, -0.05) is 6.07 Å². The van der Waals surface area contributed by atoms with Crippen molar-refractivity contribution in [2.45, 2.75) is 6.92 Å². The highest BCUT2D eigenvalue weighted by atomic mass is 16.5. The molecule has 0 saturated heterocycles. The number of nitrogens with one attached hydrogen (secondary N) is 1. The lowest BCUT2D eigenvalue weighted by Gasteiger charge is -2.05. The van der Waals surface area contributed by atoms with E-state index in [1.54, 1.807) is 12.1 Å². The maximum absolute atomic E-state index is 11.1. The molecule has 2 aromatic rings. The molecular formula is C11H10NO2. The first-order valence-corrected chi connectivity index (χ1v) is 4.48. The minimum absolute atomic E-state index is 0.127. The van der Waals surface area contributed by atoms with Gasteiger partial charge in [-0.25, -0.2) is 0 Å². The molecule has 71 valence electrons. The summed E-state index contributed by atoms with van der Waals surface area (Å²) >= 11 is 0. The molecule has 0 aliphatic rings. The average Bonchev–Trinajstić information content (AvgIpc) is 2.19. The van der Waals surface area contributed by atoms with Crippen LogP contribution in [0.15, 0.2) is 29.1 Å². The molecule has 0 aliphatic heterocycles. The Morgan fingerprint density at radius 3 is 3.07 bits per heavy atom. The molecule has 2 rings (SSSR count). The normalized spacial score (nSPS) is 10.4. The van der Waals surface area contributed by atoms with Gasteiger partial charge in [0, 0.05) is 17.5 Å². The highest BCUT2D eigenvalue weighted by Gasteiger charge is 2.01. The summed E-state index contributed by atoms with van der Waals surface area (Å²) < 4.78 is 5.35. The minimum Gasteiger partial charge on any atom is -0.491 e. The quantitative estimate of drug-likeness (QED) is 0.779. The van der Waals surface area contributed by atoms with E-state index in [2.05, 4.69) is 11.1 Å². The van der Waals surface area contributed by atoms with Crippen LogP contribution in [-0.4, -0.2) is 11.6 Å². The van der Waals surface area contributed by atoms with Gasteiger partial charge in [-0.3, -0.25) is 4.79 Å². The van der Waals surface area contributed by atoms with E-state index in [0.717, 1.165) is 5.39 Å². The summed E-state index contributed by atoms with van der Waals surface area (Å²) in [6.07, 6.45) is 0. The van der Waals surface area contributed by atoms with E-state index in [4.69, 9.17) is 4.74 Å². The fraction of sp³-hybridized carbons (Fsp3) is 0.182. The summed E-state index contributed by atoms with van der Waals surface area (Å²) in [5.74, 6) is 0.600. The van der Waals surface area contributed by atoms with Gasteiger partial charge in [-0.05, 0) is 19.1 Å². The molecular weight excluding hydrogens is 178 g/mol. The van der Waals surface area contributed by atoms with Crippen molar-refractivity contribution in [2.24, 2.45) is 0 Å². The monoisotopic (exact) mass is 188 g/mol. The highest BCUT2D eigenvalue weighted by molar-refractivity contribution is 5.83. The van der Waals surface area contributed by atoms with Gasteiger partial charge in [0.1, 0.15) is 0 Å². The van der Waals surface area contributed by atoms with Crippen LogP contribution in [0.3, 0.4) is 0 Å². The summed E-state index contributed by atoms with van der Waals surface area (Å²) in [6, 6.07) is 9.88. The van der Waals surface area contributed by atoms with E-state index < -0.39 is 0 Å². The molecule has 0 bridgehead atoms. The van der Waals surface area contributed by atoms with Gasteiger partial charge in [0.25, 0.3) is 0 Å². The van der Waals surface area contributed by atoms with E-state index in [1.165, 1.54) is 6.07 Å².